The zero-order chi connectivity index (χ0) is 18.2. The highest BCUT2D eigenvalue weighted by Crippen LogP contribution is 2.48. The molecule has 0 unspecified atom stereocenters. The minimum atomic E-state index is -1.11. The number of hydrogen-bond donors (Lipinski definition) is 2. The zero-order valence-electron chi connectivity index (χ0n) is 13.3. The number of para-hydroxylation sites is 1. The third-order valence-electron chi connectivity index (χ3n) is 4.25. The molecule has 130 valence electrons. The van der Waals surface area contributed by atoms with E-state index >= 15 is 0 Å². The maximum Gasteiger partial charge on any atom is 0.240 e. The molecule has 0 saturated heterocycles. The molecule has 2 N–H and O–H groups in total. The second kappa shape index (κ2) is 6.87. The monoisotopic (exact) mass is 396 g/mol. The van der Waals surface area contributed by atoms with Gasteiger partial charge in [0, 0.05) is 10.7 Å². The van der Waals surface area contributed by atoms with Crippen LogP contribution in [0.25, 0.3) is 0 Å². The Bertz CT molecular complexity index is 843. The van der Waals surface area contributed by atoms with E-state index in [0.29, 0.717) is 39.3 Å². The van der Waals surface area contributed by atoms with Gasteiger partial charge in [-0.1, -0.05) is 46.9 Å². The molecule has 4 nitrogen and oxygen atoms in total. The molecule has 0 spiro atoms. The lowest BCUT2D eigenvalue weighted by Gasteiger charge is -2.17. The van der Waals surface area contributed by atoms with Crippen LogP contribution in [0, 0.1) is 12.3 Å². The average molecular weight is 398 g/mol. The smallest absolute Gasteiger partial charge is 0.240 e. The summed E-state index contributed by atoms with van der Waals surface area (Å²) in [6.45, 7) is 1.87. The molecule has 0 bridgehead atoms. The number of halogens is 3. The highest BCUT2D eigenvalue weighted by Gasteiger charge is 2.56. The van der Waals surface area contributed by atoms with E-state index in [-0.39, 0.29) is 5.91 Å². The Labute approximate surface area is 160 Å². The normalized spacial score (nSPS) is 14.7. The topological polar surface area (TPSA) is 58.2 Å². The quantitative estimate of drug-likeness (QED) is 0.687. The first-order valence-corrected chi connectivity index (χ1v) is 8.80. The largest absolute Gasteiger partial charge is 0.325 e. The highest BCUT2D eigenvalue weighted by atomic mass is 35.5. The van der Waals surface area contributed by atoms with Crippen molar-refractivity contribution in [2.75, 3.05) is 10.6 Å². The standard InChI is InChI=1S/C18H15Cl3N2O2/c1-10-5-6-11(9-14(10)21)22-16(24)18(7-8-18)17(25)23-15-12(19)3-2-4-13(15)20/h2-6,9H,7-8H2,1H3,(H,22,24)(H,23,25). The predicted molar refractivity (Wildman–Crippen MR) is 102 cm³/mol. The van der Waals surface area contributed by atoms with E-state index in [2.05, 4.69) is 10.6 Å². The predicted octanol–water partition coefficient (Wildman–Crippen LogP) is 5.31. The lowest BCUT2D eigenvalue weighted by atomic mass is 10.0. The van der Waals surface area contributed by atoms with E-state index in [1.165, 1.54) is 0 Å². The molecular formula is C18H15Cl3N2O2. The summed E-state index contributed by atoms with van der Waals surface area (Å²) in [5, 5.41) is 6.63. The summed E-state index contributed by atoms with van der Waals surface area (Å²) in [7, 11) is 0. The Morgan fingerprint density at radius 2 is 1.52 bits per heavy atom. The van der Waals surface area contributed by atoms with Crippen LogP contribution in [0.3, 0.4) is 0 Å². The Kier molecular flexibility index (Phi) is 4.96. The maximum atomic E-state index is 12.6. The summed E-state index contributed by atoms with van der Waals surface area (Å²) in [5.41, 5.74) is 0.662. The van der Waals surface area contributed by atoms with Crippen LogP contribution < -0.4 is 10.6 Å². The summed E-state index contributed by atoms with van der Waals surface area (Å²) in [6, 6.07) is 10.1. The lowest BCUT2D eigenvalue weighted by molar-refractivity contribution is -0.131. The summed E-state index contributed by atoms with van der Waals surface area (Å²) >= 11 is 18.2. The van der Waals surface area contributed by atoms with Gasteiger partial charge in [0.1, 0.15) is 5.41 Å². The molecule has 0 atom stereocenters. The third-order valence-corrected chi connectivity index (χ3v) is 5.29. The highest BCUT2D eigenvalue weighted by molar-refractivity contribution is 6.40. The lowest BCUT2D eigenvalue weighted by Crippen LogP contribution is -2.35. The van der Waals surface area contributed by atoms with Crippen molar-refractivity contribution in [1.29, 1.82) is 0 Å². The summed E-state index contributed by atoms with van der Waals surface area (Å²) < 4.78 is 0. The van der Waals surface area contributed by atoms with Crippen molar-refractivity contribution >= 4 is 58.0 Å². The molecule has 2 amide bonds. The van der Waals surface area contributed by atoms with Crippen LogP contribution in [0.5, 0.6) is 0 Å². The zero-order valence-corrected chi connectivity index (χ0v) is 15.6. The fourth-order valence-corrected chi connectivity index (χ4v) is 3.13. The van der Waals surface area contributed by atoms with Gasteiger partial charge in [0.05, 0.1) is 15.7 Å². The number of carbonyl (C=O) groups is 2. The molecule has 25 heavy (non-hydrogen) atoms. The minimum absolute atomic E-state index is 0.313. The number of benzene rings is 2. The number of carbonyl (C=O) groups excluding carboxylic acids is 2. The van der Waals surface area contributed by atoms with Crippen molar-refractivity contribution in [2.24, 2.45) is 5.41 Å². The summed E-state index contributed by atoms with van der Waals surface area (Å²) in [5.74, 6) is -0.786. The Balaban J connectivity index is 1.76. The van der Waals surface area contributed by atoms with Gasteiger partial charge in [-0.3, -0.25) is 9.59 Å². The Hall–Kier alpha value is -1.75. The van der Waals surface area contributed by atoms with Crippen LogP contribution in [0.2, 0.25) is 15.1 Å². The van der Waals surface area contributed by atoms with Crippen molar-refractivity contribution in [3.05, 3.63) is 57.0 Å². The molecule has 0 radical (unpaired) electrons. The van der Waals surface area contributed by atoms with E-state index in [4.69, 9.17) is 34.8 Å². The number of rotatable bonds is 4. The van der Waals surface area contributed by atoms with Crippen LogP contribution >= 0.6 is 34.8 Å². The van der Waals surface area contributed by atoms with Crippen molar-refractivity contribution < 1.29 is 9.59 Å². The molecule has 1 saturated carbocycles. The molecule has 1 fully saturated rings. The number of nitrogens with one attached hydrogen (secondary N) is 2. The molecule has 0 heterocycles. The molecule has 1 aliphatic carbocycles. The van der Waals surface area contributed by atoms with Crippen molar-refractivity contribution in [1.82, 2.24) is 0 Å². The van der Waals surface area contributed by atoms with Gasteiger partial charge in [-0.25, -0.2) is 0 Å². The van der Waals surface area contributed by atoms with E-state index in [0.717, 1.165) is 5.56 Å². The molecule has 2 aromatic rings. The van der Waals surface area contributed by atoms with Crippen molar-refractivity contribution in [3.8, 4) is 0 Å². The van der Waals surface area contributed by atoms with Gasteiger partial charge in [0.2, 0.25) is 11.8 Å². The van der Waals surface area contributed by atoms with Crippen molar-refractivity contribution in [3.63, 3.8) is 0 Å². The SMILES string of the molecule is Cc1ccc(NC(=O)C2(C(=O)Nc3c(Cl)cccc3Cl)CC2)cc1Cl. The fraction of sp³-hybridized carbons (Fsp3) is 0.222. The maximum absolute atomic E-state index is 12.6. The number of anilines is 2. The third kappa shape index (κ3) is 3.61. The van der Waals surface area contributed by atoms with Gasteiger partial charge < -0.3 is 10.6 Å². The van der Waals surface area contributed by atoms with Gasteiger partial charge >= 0.3 is 0 Å². The van der Waals surface area contributed by atoms with Crippen molar-refractivity contribution in [2.45, 2.75) is 19.8 Å². The molecule has 7 heteroatoms. The second-order valence-corrected chi connectivity index (χ2v) is 7.27. The first-order valence-electron chi connectivity index (χ1n) is 7.66. The Morgan fingerprint density at radius 3 is 2.08 bits per heavy atom. The van der Waals surface area contributed by atoms with Crippen LogP contribution in [-0.2, 0) is 9.59 Å². The molecule has 0 aliphatic heterocycles. The van der Waals surface area contributed by atoms with E-state index < -0.39 is 11.3 Å². The second-order valence-electron chi connectivity index (χ2n) is 6.05. The Morgan fingerprint density at radius 1 is 0.920 bits per heavy atom. The number of amides is 2. The summed E-state index contributed by atoms with van der Waals surface area (Å²) in [4.78, 5) is 25.3. The molecule has 3 rings (SSSR count). The van der Waals surface area contributed by atoms with Crippen LogP contribution in [0.1, 0.15) is 18.4 Å². The molecule has 1 aliphatic rings. The van der Waals surface area contributed by atoms with Gasteiger partial charge in [-0.05, 0) is 49.6 Å². The minimum Gasteiger partial charge on any atom is -0.325 e. The fourth-order valence-electron chi connectivity index (χ4n) is 2.45. The first-order chi connectivity index (χ1) is 11.8. The number of hydrogen-bond acceptors (Lipinski definition) is 2. The first kappa shape index (κ1) is 18.1. The molecular weight excluding hydrogens is 383 g/mol. The van der Waals surface area contributed by atoms with E-state index in [1.54, 1.807) is 36.4 Å². The molecule has 2 aromatic carbocycles. The number of aryl methyl sites for hydroxylation is 1. The van der Waals surface area contributed by atoms with E-state index in [9.17, 15) is 9.59 Å². The van der Waals surface area contributed by atoms with Gasteiger partial charge in [-0.2, -0.15) is 0 Å². The van der Waals surface area contributed by atoms with Crippen LogP contribution in [0.15, 0.2) is 36.4 Å². The van der Waals surface area contributed by atoms with Gasteiger partial charge in [0.15, 0.2) is 0 Å². The van der Waals surface area contributed by atoms with Gasteiger partial charge in [-0.15, -0.1) is 0 Å². The van der Waals surface area contributed by atoms with Crippen LogP contribution in [-0.4, -0.2) is 11.8 Å². The van der Waals surface area contributed by atoms with E-state index in [1.807, 2.05) is 6.92 Å². The van der Waals surface area contributed by atoms with Gasteiger partial charge in [0.25, 0.3) is 0 Å². The summed E-state index contributed by atoms with van der Waals surface area (Å²) in [6.07, 6.45) is 0.929. The van der Waals surface area contributed by atoms with Crippen LogP contribution in [0.4, 0.5) is 11.4 Å². The average Bonchev–Trinajstić information content (AvgIpc) is 3.36. The molecule has 0 aromatic heterocycles.